The molecule has 8 heteroatoms. The predicted molar refractivity (Wildman–Crippen MR) is 136 cm³/mol. The molecule has 3 rings (SSSR count). The molecule has 2 heterocycles. The highest BCUT2D eigenvalue weighted by molar-refractivity contribution is 5.77. The summed E-state index contributed by atoms with van der Waals surface area (Å²) in [5.74, 6) is 2.12. The Morgan fingerprint density at radius 1 is 1.24 bits per heavy atom. The number of benzene rings is 1. The SMILES string of the molecule is CCOc1cc(-c2ncc(C)o2)cc(O)c1/C(N)=C/C=C(\N)N(C)C1CC(C)(C)NC(C)(C)C1. The van der Waals surface area contributed by atoms with Crippen molar-refractivity contribution in [3.63, 3.8) is 0 Å². The van der Waals surface area contributed by atoms with Gasteiger partial charge in [0, 0.05) is 35.4 Å². The smallest absolute Gasteiger partial charge is 0.226 e. The molecule has 0 saturated carbocycles. The molecule has 1 aliphatic rings. The van der Waals surface area contributed by atoms with E-state index in [9.17, 15) is 5.11 Å². The summed E-state index contributed by atoms with van der Waals surface area (Å²) in [6.45, 7) is 13.0. The fourth-order valence-corrected chi connectivity index (χ4v) is 4.90. The predicted octanol–water partition coefficient (Wildman–Crippen LogP) is 4.10. The number of nitrogens with zero attached hydrogens (tertiary/aromatic N) is 2. The van der Waals surface area contributed by atoms with E-state index in [2.05, 4.69) is 42.9 Å². The minimum absolute atomic E-state index is 0.0111. The molecule has 0 radical (unpaired) electrons. The molecule has 1 aromatic heterocycles. The van der Waals surface area contributed by atoms with E-state index < -0.39 is 0 Å². The number of oxazole rings is 1. The number of aryl methyl sites for hydroxylation is 1. The largest absolute Gasteiger partial charge is 0.507 e. The molecule has 6 N–H and O–H groups in total. The second-order valence-electron chi connectivity index (χ2n) is 10.4. The third-order valence-electron chi connectivity index (χ3n) is 6.10. The standard InChI is InChI=1S/C26H39N5O3/c1-8-33-21-12-17(24-29-15-16(2)34-24)11-20(32)23(21)19(27)9-10-22(28)31(7)18-13-25(3,4)30-26(5,6)14-18/h9-12,15,18,30,32H,8,13-14,27-28H2,1-7H3/b19-9-,22-10+. The van der Waals surface area contributed by atoms with Gasteiger partial charge in [-0.3, -0.25) is 0 Å². The lowest BCUT2D eigenvalue weighted by Crippen LogP contribution is -2.61. The lowest BCUT2D eigenvalue weighted by atomic mass is 9.79. The first-order valence-corrected chi connectivity index (χ1v) is 11.7. The van der Waals surface area contributed by atoms with E-state index in [1.807, 2.05) is 20.9 Å². The van der Waals surface area contributed by atoms with Crippen LogP contribution in [-0.2, 0) is 0 Å². The number of ether oxygens (including phenoxy) is 1. The van der Waals surface area contributed by atoms with E-state index in [1.54, 1.807) is 30.5 Å². The first-order chi connectivity index (χ1) is 15.8. The molecule has 0 bridgehead atoms. The molecule has 8 nitrogen and oxygen atoms in total. The van der Waals surface area contributed by atoms with Crippen LogP contribution in [-0.4, -0.2) is 45.8 Å². The van der Waals surface area contributed by atoms with Gasteiger partial charge in [-0.05, 0) is 78.7 Å². The Hall–Kier alpha value is -3.13. The van der Waals surface area contributed by atoms with E-state index in [0.717, 1.165) is 12.8 Å². The maximum Gasteiger partial charge on any atom is 0.226 e. The van der Waals surface area contributed by atoms with Gasteiger partial charge in [0.1, 0.15) is 17.3 Å². The van der Waals surface area contributed by atoms with Gasteiger partial charge < -0.3 is 35.9 Å². The number of piperidine rings is 1. The monoisotopic (exact) mass is 469 g/mol. The number of allylic oxidation sites excluding steroid dienone is 2. The van der Waals surface area contributed by atoms with Crippen LogP contribution in [0.3, 0.4) is 0 Å². The van der Waals surface area contributed by atoms with E-state index >= 15 is 0 Å². The molecule has 0 aliphatic carbocycles. The van der Waals surface area contributed by atoms with E-state index in [-0.39, 0.29) is 22.9 Å². The lowest BCUT2D eigenvalue weighted by molar-refractivity contribution is 0.0981. The average Bonchev–Trinajstić information content (AvgIpc) is 3.15. The highest BCUT2D eigenvalue weighted by Crippen LogP contribution is 2.37. The summed E-state index contributed by atoms with van der Waals surface area (Å²) >= 11 is 0. The third-order valence-corrected chi connectivity index (χ3v) is 6.10. The van der Waals surface area contributed by atoms with Crippen LogP contribution in [0.15, 0.2) is 40.7 Å². The van der Waals surface area contributed by atoms with Crippen LogP contribution < -0.4 is 21.5 Å². The van der Waals surface area contributed by atoms with Crippen molar-refractivity contribution >= 4 is 5.70 Å². The molecular weight excluding hydrogens is 430 g/mol. The summed E-state index contributed by atoms with van der Waals surface area (Å²) in [6.07, 6.45) is 7.05. The maximum absolute atomic E-state index is 10.8. The summed E-state index contributed by atoms with van der Waals surface area (Å²) in [4.78, 5) is 6.33. The van der Waals surface area contributed by atoms with Crippen LogP contribution in [0, 0.1) is 6.92 Å². The van der Waals surface area contributed by atoms with Crippen molar-refractivity contribution in [1.82, 2.24) is 15.2 Å². The molecule has 0 atom stereocenters. The summed E-state index contributed by atoms with van der Waals surface area (Å²) in [6, 6.07) is 3.62. The van der Waals surface area contributed by atoms with Crippen LogP contribution in [0.4, 0.5) is 0 Å². The van der Waals surface area contributed by atoms with Crippen LogP contribution in [0.25, 0.3) is 17.2 Å². The van der Waals surface area contributed by atoms with Gasteiger partial charge in [0.2, 0.25) is 5.89 Å². The Kier molecular flexibility index (Phi) is 7.21. The molecule has 0 amide bonds. The van der Waals surface area contributed by atoms with E-state index in [1.165, 1.54) is 0 Å². The zero-order valence-electron chi connectivity index (χ0n) is 21.4. The first-order valence-electron chi connectivity index (χ1n) is 11.7. The minimum atomic E-state index is -0.0206. The Morgan fingerprint density at radius 2 is 1.88 bits per heavy atom. The van der Waals surface area contributed by atoms with Crippen molar-refractivity contribution in [2.75, 3.05) is 13.7 Å². The molecule has 186 valence electrons. The van der Waals surface area contributed by atoms with E-state index in [4.69, 9.17) is 20.6 Å². The van der Waals surface area contributed by atoms with Gasteiger partial charge in [-0.15, -0.1) is 0 Å². The number of hydrogen-bond donors (Lipinski definition) is 4. The topological polar surface area (TPSA) is 123 Å². The molecule has 2 aromatic rings. The summed E-state index contributed by atoms with van der Waals surface area (Å²) < 4.78 is 11.4. The Labute approximate surface area is 202 Å². The minimum Gasteiger partial charge on any atom is -0.507 e. The van der Waals surface area contributed by atoms with Gasteiger partial charge in [-0.1, -0.05) is 0 Å². The van der Waals surface area contributed by atoms with Crippen LogP contribution in [0.1, 0.15) is 58.8 Å². The number of aromatic nitrogens is 1. The zero-order valence-corrected chi connectivity index (χ0v) is 21.4. The number of phenolic OH excluding ortho intramolecular Hbond substituents is 1. The Morgan fingerprint density at radius 3 is 2.44 bits per heavy atom. The van der Waals surface area contributed by atoms with Gasteiger partial charge in [0.25, 0.3) is 0 Å². The quantitative estimate of drug-likeness (QED) is 0.447. The van der Waals surface area contributed by atoms with Crippen molar-refractivity contribution in [2.45, 2.75) is 71.5 Å². The van der Waals surface area contributed by atoms with Crippen molar-refractivity contribution in [3.8, 4) is 23.0 Å². The molecule has 1 aromatic carbocycles. The molecule has 0 unspecified atom stereocenters. The highest BCUT2D eigenvalue weighted by Gasteiger charge is 2.39. The summed E-state index contributed by atoms with van der Waals surface area (Å²) in [5.41, 5.74) is 14.2. The number of rotatable bonds is 7. The van der Waals surface area contributed by atoms with Crippen LogP contribution in [0.5, 0.6) is 11.5 Å². The lowest BCUT2D eigenvalue weighted by Gasteiger charge is -2.49. The summed E-state index contributed by atoms with van der Waals surface area (Å²) in [7, 11) is 2.01. The van der Waals surface area contributed by atoms with Crippen molar-refractivity contribution in [1.29, 1.82) is 0 Å². The van der Waals surface area contributed by atoms with Gasteiger partial charge in [0.15, 0.2) is 0 Å². The average molecular weight is 470 g/mol. The van der Waals surface area contributed by atoms with Gasteiger partial charge in [-0.2, -0.15) is 0 Å². The second-order valence-corrected chi connectivity index (χ2v) is 10.4. The first kappa shape index (κ1) is 25.5. The Balaban J connectivity index is 1.88. The fourth-order valence-electron chi connectivity index (χ4n) is 4.90. The normalized spacial score (nSPS) is 18.7. The van der Waals surface area contributed by atoms with Crippen molar-refractivity contribution < 1.29 is 14.3 Å². The molecule has 1 fully saturated rings. The van der Waals surface area contributed by atoms with Gasteiger partial charge >= 0.3 is 0 Å². The molecule has 0 spiro atoms. The Bertz CT molecular complexity index is 1070. The van der Waals surface area contributed by atoms with Gasteiger partial charge in [0.05, 0.1) is 24.2 Å². The number of phenols is 1. The molecule has 34 heavy (non-hydrogen) atoms. The summed E-state index contributed by atoms with van der Waals surface area (Å²) in [5, 5.41) is 14.5. The third kappa shape index (κ3) is 5.86. The number of aromatic hydroxyl groups is 1. The van der Waals surface area contributed by atoms with Crippen molar-refractivity contribution in [3.05, 3.63) is 47.6 Å². The number of nitrogens with one attached hydrogen (secondary N) is 1. The van der Waals surface area contributed by atoms with Crippen LogP contribution >= 0.6 is 0 Å². The second kappa shape index (κ2) is 9.62. The zero-order chi connectivity index (χ0) is 25.3. The number of hydrogen-bond acceptors (Lipinski definition) is 8. The maximum atomic E-state index is 10.8. The number of nitrogens with two attached hydrogens (primary N) is 2. The van der Waals surface area contributed by atoms with Gasteiger partial charge in [-0.25, -0.2) is 4.98 Å². The highest BCUT2D eigenvalue weighted by atomic mass is 16.5. The molecular formula is C26H39N5O3. The van der Waals surface area contributed by atoms with E-state index in [0.29, 0.717) is 46.7 Å². The van der Waals surface area contributed by atoms with Crippen LogP contribution in [0.2, 0.25) is 0 Å². The molecule has 1 saturated heterocycles. The van der Waals surface area contributed by atoms with Crippen molar-refractivity contribution in [2.24, 2.45) is 11.5 Å². The molecule has 1 aliphatic heterocycles. The fraction of sp³-hybridized carbons (Fsp3) is 0.500.